The average Bonchev–Trinajstić information content (AvgIpc) is 2.78. The SMILES string of the molecule is C[C@@H](Cc1c[nH]c(=O)c(C(F)(F)F)c1)OC(=O)N1CCN(c2ncc(C(F)(F)F)cn2)C[C@@H]1CO. The molecule has 15 heteroatoms. The second-order valence-electron chi connectivity index (χ2n) is 7.89. The first kappa shape index (κ1) is 26.2. The van der Waals surface area contributed by atoms with Crippen LogP contribution in [0, 0.1) is 0 Å². The van der Waals surface area contributed by atoms with E-state index in [1.54, 1.807) is 0 Å². The lowest BCUT2D eigenvalue weighted by molar-refractivity contribution is -0.139. The molecule has 1 fully saturated rings. The zero-order chi connectivity index (χ0) is 26.0. The maximum absolute atomic E-state index is 12.9. The lowest BCUT2D eigenvalue weighted by atomic mass is 10.1. The molecule has 0 aliphatic carbocycles. The number of aliphatic hydroxyl groups is 1. The summed E-state index contributed by atoms with van der Waals surface area (Å²) in [6.07, 6.45) is -8.87. The van der Waals surface area contributed by atoms with Gasteiger partial charge in [0.1, 0.15) is 11.7 Å². The van der Waals surface area contributed by atoms with E-state index in [-0.39, 0.29) is 37.6 Å². The highest BCUT2D eigenvalue weighted by Gasteiger charge is 2.36. The number of anilines is 1. The average molecular weight is 509 g/mol. The van der Waals surface area contributed by atoms with E-state index in [4.69, 9.17) is 4.74 Å². The van der Waals surface area contributed by atoms with Crippen molar-refractivity contribution in [1.29, 1.82) is 0 Å². The number of carbonyl (C=O) groups is 1. The molecular weight excluding hydrogens is 488 g/mol. The van der Waals surface area contributed by atoms with E-state index in [1.165, 1.54) is 16.7 Å². The summed E-state index contributed by atoms with van der Waals surface area (Å²) in [6, 6.07) is -0.109. The van der Waals surface area contributed by atoms with Crippen molar-refractivity contribution in [2.45, 2.75) is 37.8 Å². The molecule has 1 aliphatic rings. The van der Waals surface area contributed by atoms with Crippen LogP contribution >= 0.6 is 0 Å². The number of piperazine rings is 1. The lowest BCUT2D eigenvalue weighted by Gasteiger charge is -2.40. The van der Waals surface area contributed by atoms with Gasteiger partial charge >= 0.3 is 18.4 Å². The first-order valence-electron chi connectivity index (χ1n) is 10.3. The summed E-state index contributed by atoms with van der Waals surface area (Å²) in [5.41, 5.74) is -3.57. The molecule has 0 bridgehead atoms. The Kier molecular flexibility index (Phi) is 7.57. The van der Waals surface area contributed by atoms with Crippen LogP contribution in [0.4, 0.5) is 37.1 Å². The topological polar surface area (TPSA) is 112 Å². The summed E-state index contributed by atoms with van der Waals surface area (Å²) in [7, 11) is 0. The van der Waals surface area contributed by atoms with E-state index in [0.717, 1.165) is 6.20 Å². The normalized spacial score (nSPS) is 17.9. The highest BCUT2D eigenvalue weighted by atomic mass is 19.4. The monoisotopic (exact) mass is 509 g/mol. The number of nitrogens with one attached hydrogen (secondary N) is 1. The molecule has 0 radical (unpaired) electrons. The Morgan fingerprint density at radius 2 is 1.86 bits per heavy atom. The number of ether oxygens (including phenoxy) is 1. The number of pyridine rings is 1. The van der Waals surface area contributed by atoms with Crippen LogP contribution in [-0.2, 0) is 23.5 Å². The van der Waals surface area contributed by atoms with Gasteiger partial charge < -0.3 is 19.7 Å². The van der Waals surface area contributed by atoms with E-state index >= 15 is 0 Å². The minimum atomic E-state index is -4.84. The lowest BCUT2D eigenvalue weighted by Crippen LogP contribution is -2.57. The molecule has 3 rings (SSSR count). The van der Waals surface area contributed by atoms with Gasteiger partial charge in [0.15, 0.2) is 0 Å². The highest BCUT2D eigenvalue weighted by molar-refractivity contribution is 5.69. The zero-order valence-corrected chi connectivity index (χ0v) is 18.2. The Bertz CT molecular complexity index is 1090. The quantitative estimate of drug-likeness (QED) is 0.596. The van der Waals surface area contributed by atoms with Crippen LogP contribution in [0.15, 0.2) is 29.5 Å². The van der Waals surface area contributed by atoms with Crippen molar-refractivity contribution in [2.24, 2.45) is 0 Å². The molecule has 9 nitrogen and oxygen atoms in total. The highest BCUT2D eigenvalue weighted by Crippen LogP contribution is 2.29. The van der Waals surface area contributed by atoms with Crippen LogP contribution in [0.25, 0.3) is 0 Å². The molecule has 2 aromatic heterocycles. The van der Waals surface area contributed by atoms with Gasteiger partial charge in [-0.1, -0.05) is 0 Å². The Labute approximate surface area is 194 Å². The predicted molar refractivity (Wildman–Crippen MR) is 109 cm³/mol. The molecule has 2 N–H and O–H groups in total. The molecule has 0 unspecified atom stereocenters. The number of aliphatic hydroxyl groups excluding tert-OH is 1. The number of rotatable bonds is 5. The van der Waals surface area contributed by atoms with E-state index in [0.29, 0.717) is 18.5 Å². The second-order valence-corrected chi connectivity index (χ2v) is 7.89. The molecule has 35 heavy (non-hydrogen) atoms. The van der Waals surface area contributed by atoms with E-state index in [9.17, 15) is 41.0 Å². The number of aromatic nitrogens is 3. The Balaban J connectivity index is 1.61. The summed E-state index contributed by atoms with van der Waals surface area (Å²) >= 11 is 0. The van der Waals surface area contributed by atoms with Gasteiger partial charge in [0.2, 0.25) is 5.95 Å². The van der Waals surface area contributed by atoms with Crippen molar-refractivity contribution in [2.75, 3.05) is 31.1 Å². The summed E-state index contributed by atoms with van der Waals surface area (Å²) in [5, 5.41) is 9.72. The van der Waals surface area contributed by atoms with Crippen LogP contribution in [0.3, 0.4) is 0 Å². The first-order valence-corrected chi connectivity index (χ1v) is 10.3. The van der Waals surface area contributed by atoms with E-state index < -0.39 is 53.9 Å². The number of aromatic amines is 1. The van der Waals surface area contributed by atoms with E-state index in [2.05, 4.69) is 9.97 Å². The van der Waals surface area contributed by atoms with Crippen LogP contribution in [0.5, 0.6) is 0 Å². The Morgan fingerprint density at radius 1 is 1.20 bits per heavy atom. The molecule has 1 amide bonds. The van der Waals surface area contributed by atoms with Gasteiger partial charge in [-0.2, -0.15) is 26.3 Å². The van der Waals surface area contributed by atoms with Gasteiger partial charge in [-0.3, -0.25) is 9.69 Å². The molecule has 192 valence electrons. The van der Waals surface area contributed by atoms with Gasteiger partial charge in [-0.15, -0.1) is 0 Å². The summed E-state index contributed by atoms with van der Waals surface area (Å²) in [5.74, 6) is -0.00336. The number of nitrogens with zero attached hydrogens (tertiary/aromatic N) is 4. The summed E-state index contributed by atoms with van der Waals surface area (Å²) in [6.45, 7) is 1.14. The first-order chi connectivity index (χ1) is 16.3. The minimum absolute atomic E-state index is 0.00336. The molecule has 2 aromatic rings. The summed E-state index contributed by atoms with van der Waals surface area (Å²) in [4.78, 5) is 36.2. The molecule has 0 saturated carbocycles. The number of amides is 1. The molecular formula is C20H21F6N5O4. The van der Waals surface area contributed by atoms with Crippen molar-refractivity contribution in [3.05, 3.63) is 51.7 Å². The standard InChI is InChI=1S/C20H21F6N5O4/c1-11(4-12-5-15(20(24,25)26)16(33)27-6-12)35-18(34)31-3-2-30(9-14(31)10-32)17-28-7-13(8-29-17)19(21,22)23/h5-8,11,14,32H,2-4,9-10H2,1H3,(H,27,33)/t11-,14+/m0/s1. The largest absolute Gasteiger partial charge is 0.446 e. The second kappa shape index (κ2) is 10.1. The predicted octanol–water partition coefficient (Wildman–Crippen LogP) is 2.45. The van der Waals surface area contributed by atoms with Gasteiger partial charge in [0.25, 0.3) is 5.56 Å². The number of carbonyl (C=O) groups excluding carboxylic acids is 1. The molecule has 1 aliphatic heterocycles. The van der Waals surface area contributed by atoms with Crippen molar-refractivity contribution >= 4 is 12.0 Å². The maximum Gasteiger partial charge on any atom is 0.421 e. The van der Waals surface area contributed by atoms with Crippen LogP contribution in [-0.4, -0.2) is 69.4 Å². The number of H-pyrrole nitrogens is 1. The number of hydrogen-bond donors (Lipinski definition) is 2. The third-order valence-corrected chi connectivity index (χ3v) is 5.27. The van der Waals surface area contributed by atoms with Crippen LogP contribution in [0.2, 0.25) is 0 Å². The fraction of sp³-hybridized carbons (Fsp3) is 0.500. The molecule has 0 aromatic carbocycles. The van der Waals surface area contributed by atoms with Crippen molar-refractivity contribution in [3.63, 3.8) is 0 Å². The Morgan fingerprint density at radius 3 is 2.43 bits per heavy atom. The summed E-state index contributed by atoms with van der Waals surface area (Å²) < 4.78 is 82.2. The van der Waals surface area contributed by atoms with Gasteiger partial charge in [-0.05, 0) is 18.6 Å². The fourth-order valence-corrected chi connectivity index (χ4v) is 3.53. The number of alkyl halides is 6. The molecule has 1 saturated heterocycles. The molecule has 3 heterocycles. The van der Waals surface area contributed by atoms with Crippen molar-refractivity contribution in [3.8, 4) is 0 Å². The maximum atomic E-state index is 12.9. The minimum Gasteiger partial charge on any atom is -0.446 e. The van der Waals surface area contributed by atoms with Crippen LogP contribution in [0.1, 0.15) is 23.6 Å². The number of hydrogen-bond acceptors (Lipinski definition) is 7. The van der Waals surface area contributed by atoms with Gasteiger partial charge in [-0.25, -0.2) is 14.8 Å². The third-order valence-electron chi connectivity index (χ3n) is 5.27. The fourth-order valence-electron chi connectivity index (χ4n) is 3.53. The van der Waals surface area contributed by atoms with Gasteiger partial charge in [0.05, 0.1) is 18.2 Å². The van der Waals surface area contributed by atoms with Gasteiger partial charge in [0, 0.05) is 44.6 Å². The molecule has 0 spiro atoms. The Hall–Kier alpha value is -3.36. The van der Waals surface area contributed by atoms with Crippen molar-refractivity contribution < 1.29 is 41.0 Å². The number of halogens is 6. The van der Waals surface area contributed by atoms with E-state index in [1.807, 2.05) is 4.98 Å². The zero-order valence-electron chi connectivity index (χ0n) is 18.2. The third kappa shape index (κ3) is 6.41. The van der Waals surface area contributed by atoms with Crippen LogP contribution < -0.4 is 10.5 Å². The molecule has 2 atom stereocenters. The smallest absolute Gasteiger partial charge is 0.421 e. The van der Waals surface area contributed by atoms with Crippen molar-refractivity contribution in [1.82, 2.24) is 19.9 Å².